The van der Waals surface area contributed by atoms with Gasteiger partial charge in [-0.05, 0) is 32.9 Å². The molecule has 0 aliphatic rings. The molecule has 6 heteroatoms. The molecule has 1 heterocycles. The molecular weight excluding hydrogens is 292 g/mol. The van der Waals surface area contributed by atoms with Gasteiger partial charge in [0.1, 0.15) is 0 Å². The average Bonchev–Trinajstić information content (AvgIpc) is 2.47. The van der Waals surface area contributed by atoms with Crippen molar-refractivity contribution in [2.24, 2.45) is 10.7 Å². The minimum atomic E-state index is 0. The number of aliphatic imine (C=N–C) groups is 1. The minimum Gasteiger partial charge on any atom is -0.379 e. The van der Waals surface area contributed by atoms with Gasteiger partial charge < -0.3 is 5.73 Å². The topological polar surface area (TPSA) is 38.4 Å². The molecule has 0 saturated carbocycles. The Kier molecular flexibility index (Phi) is 6.85. The smallest absolute Gasteiger partial charge is 0.153 e. The minimum absolute atomic E-state index is 0. The first-order valence-electron chi connectivity index (χ1n) is 3.30. The Labute approximate surface area is 101 Å². The fourth-order valence-corrected chi connectivity index (χ4v) is 2.57. The predicted octanol–water partition coefficient (Wildman–Crippen LogP) is 3.11. The molecule has 0 aliphatic carbocycles. The fraction of sp³-hybridized carbons (Fsp3) is 0.286. The lowest BCUT2D eigenvalue weighted by molar-refractivity contribution is 1.43. The number of nitrogens with zero attached hydrogens (tertiary/aromatic N) is 1. The van der Waals surface area contributed by atoms with E-state index in [0.717, 1.165) is 9.54 Å². The van der Waals surface area contributed by atoms with Crippen LogP contribution in [0.1, 0.15) is 5.56 Å². The molecule has 0 aromatic carbocycles. The summed E-state index contributed by atoms with van der Waals surface area (Å²) in [5.41, 5.74) is 6.81. The number of hydrogen-bond donors (Lipinski definition) is 1. The Morgan fingerprint density at radius 2 is 2.46 bits per heavy atom. The highest BCUT2D eigenvalue weighted by molar-refractivity contribution is 9.11. The van der Waals surface area contributed by atoms with Crippen molar-refractivity contribution in [2.45, 2.75) is 5.75 Å². The lowest BCUT2D eigenvalue weighted by Gasteiger charge is -1.95. The van der Waals surface area contributed by atoms with E-state index in [1.54, 1.807) is 30.1 Å². The molecule has 0 saturated heterocycles. The van der Waals surface area contributed by atoms with Crippen LogP contribution in [-0.4, -0.2) is 12.2 Å². The second kappa shape index (κ2) is 6.70. The first kappa shape index (κ1) is 13.3. The molecule has 0 radical (unpaired) electrons. The number of amidine groups is 1. The maximum Gasteiger partial charge on any atom is 0.153 e. The van der Waals surface area contributed by atoms with Gasteiger partial charge in [-0.25, -0.2) is 0 Å². The van der Waals surface area contributed by atoms with Crippen LogP contribution in [-0.2, 0) is 5.75 Å². The van der Waals surface area contributed by atoms with Crippen LogP contribution in [0.15, 0.2) is 20.2 Å². The molecule has 0 amide bonds. The van der Waals surface area contributed by atoms with E-state index >= 15 is 0 Å². The molecule has 2 nitrogen and oxygen atoms in total. The second-order valence-corrected chi connectivity index (χ2v) is 5.40. The van der Waals surface area contributed by atoms with Crippen molar-refractivity contribution in [1.29, 1.82) is 0 Å². The van der Waals surface area contributed by atoms with Crippen LogP contribution in [0.2, 0.25) is 0 Å². The molecular formula is C7H10BrClN2S2. The molecule has 1 rings (SSSR count). The van der Waals surface area contributed by atoms with Crippen molar-refractivity contribution in [3.8, 4) is 0 Å². The largest absolute Gasteiger partial charge is 0.379 e. The molecule has 2 N–H and O–H groups in total. The van der Waals surface area contributed by atoms with Gasteiger partial charge in [-0.1, -0.05) is 11.8 Å². The Hall–Kier alpha value is 0.290. The van der Waals surface area contributed by atoms with E-state index in [9.17, 15) is 0 Å². The molecule has 0 fully saturated rings. The predicted molar refractivity (Wildman–Crippen MR) is 68.1 cm³/mol. The monoisotopic (exact) mass is 300 g/mol. The molecule has 0 unspecified atom stereocenters. The first-order valence-corrected chi connectivity index (χ1v) is 5.96. The summed E-state index contributed by atoms with van der Waals surface area (Å²) in [5, 5.41) is 2.75. The van der Waals surface area contributed by atoms with Crippen LogP contribution in [0.4, 0.5) is 0 Å². The highest BCUT2D eigenvalue weighted by Crippen LogP contribution is 2.23. The Morgan fingerprint density at radius 1 is 1.77 bits per heavy atom. The van der Waals surface area contributed by atoms with Crippen LogP contribution in [0.3, 0.4) is 0 Å². The van der Waals surface area contributed by atoms with E-state index in [2.05, 4.69) is 32.4 Å². The van der Waals surface area contributed by atoms with Gasteiger partial charge in [0.15, 0.2) is 5.17 Å². The zero-order valence-electron chi connectivity index (χ0n) is 6.99. The van der Waals surface area contributed by atoms with Gasteiger partial charge in [-0.2, -0.15) is 0 Å². The lowest BCUT2D eigenvalue weighted by Crippen LogP contribution is -2.05. The van der Waals surface area contributed by atoms with Gasteiger partial charge in [0.25, 0.3) is 0 Å². The van der Waals surface area contributed by atoms with Gasteiger partial charge in [-0.15, -0.1) is 23.7 Å². The molecule has 13 heavy (non-hydrogen) atoms. The highest BCUT2D eigenvalue weighted by atomic mass is 79.9. The quantitative estimate of drug-likeness (QED) is 0.673. The van der Waals surface area contributed by atoms with Crippen molar-refractivity contribution in [3.05, 3.63) is 20.8 Å². The zero-order chi connectivity index (χ0) is 8.97. The van der Waals surface area contributed by atoms with Gasteiger partial charge in [0.05, 0.1) is 3.79 Å². The van der Waals surface area contributed by atoms with Gasteiger partial charge in [-0.3, -0.25) is 4.99 Å². The van der Waals surface area contributed by atoms with Crippen molar-refractivity contribution in [3.63, 3.8) is 0 Å². The average molecular weight is 302 g/mol. The Morgan fingerprint density at radius 3 is 2.92 bits per heavy atom. The van der Waals surface area contributed by atoms with Crippen LogP contribution in [0, 0.1) is 0 Å². The maximum atomic E-state index is 5.53. The Balaban J connectivity index is 0.00000144. The van der Waals surface area contributed by atoms with Crippen molar-refractivity contribution < 1.29 is 0 Å². The van der Waals surface area contributed by atoms with Crippen molar-refractivity contribution >= 4 is 56.6 Å². The van der Waals surface area contributed by atoms with E-state index in [1.807, 2.05) is 0 Å². The van der Waals surface area contributed by atoms with E-state index in [1.165, 1.54) is 5.56 Å². The lowest BCUT2D eigenvalue weighted by atomic mass is 10.4. The number of hydrogen-bond acceptors (Lipinski definition) is 3. The van der Waals surface area contributed by atoms with Crippen molar-refractivity contribution in [2.75, 3.05) is 7.05 Å². The van der Waals surface area contributed by atoms with Crippen LogP contribution >= 0.6 is 51.4 Å². The van der Waals surface area contributed by atoms with Crippen LogP contribution < -0.4 is 5.73 Å². The summed E-state index contributed by atoms with van der Waals surface area (Å²) >= 11 is 6.65. The molecule has 1 aromatic heterocycles. The third kappa shape index (κ3) is 4.90. The standard InChI is InChI=1S/C7H9BrN2S2.ClH/c1-10-7(9)12-4-5-2-6(8)11-3-5;/h2-3H,4H2,1H3,(H2,9,10);1H. The summed E-state index contributed by atoms with van der Waals surface area (Å²) in [6, 6.07) is 2.10. The normalized spacial score (nSPS) is 11.1. The summed E-state index contributed by atoms with van der Waals surface area (Å²) in [7, 11) is 1.70. The molecule has 0 spiro atoms. The SMILES string of the molecule is CN=C(N)SCc1csc(Br)c1.Cl. The van der Waals surface area contributed by atoms with E-state index in [-0.39, 0.29) is 12.4 Å². The highest BCUT2D eigenvalue weighted by Gasteiger charge is 1.98. The van der Waals surface area contributed by atoms with Crippen LogP contribution in [0.5, 0.6) is 0 Å². The molecule has 1 aromatic rings. The van der Waals surface area contributed by atoms with E-state index < -0.39 is 0 Å². The summed E-state index contributed by atoms with van der Waals surface area (Å²) < 4.78 is 1.16. The van der Waals surface area contributed by atoms with E-state index in [0.29, 0.717) is 5.17 Å². The summed E-state index contributed by atoms with van der Waals surface area (Å²) in [6.07, 6.45) is 0. The fourth-order valence-electron chi connectivity index (χ4n) is 0.643. The maximum absolute atomic E-state index is 5.53. The van der Waals surface area contributed by atoms with Crippen molar-refractivity contribution in [1.82, 2.24) is 0 Å². The number of nitrogens with two attached hydrogens (primary N) is 1. The first-order chi connectivity index (χ1) is 5.72. The number of rotatable bonds is 2. The second-order valence-electron chi connectivity index (χ2n) is 2.11. The number of halogens is 2. The number of thioether (sulfide) groups is 1. The van der Waals surface area contributed by atoms with Gasteiger partial charge in [0.2, 0.25) is 0 Å². The molecule has 0 atom stereocenters. The molecule has 0 aliphatic heterocycles. The summed E-state index contributed by atoms with van der Waals surface area (Å²) in [6.45, 7) is 0. The Bertz CT molecular complexity index is 288. The third-order valence-electron chi connectivity index (χ3n) is 1.23. The zero-order valence-corrected chi connectivity index (χ0v) is 11.0. The molecule has 74 valence electrons. The molecule has 0 bridgehead atoms. The summed E-state index contributed by atoms with van der Waals surface area (Å²) in [5.74, 6) is 0.894. The summed E-state index contributed by atoms with van der Waals surface area (Å²) in [4.78, 5) is 3.86. The van der Waals surface area contributed by atoms with E-state index in [4.69, 9.17) is 5.73 Å². The third-order valence-corrected chi connectivity index (χ3v) is 3.74. The van der Waals surface area contributed by atoms with Gasteiger partial charge >= 0.3 is 0 Å². The number of thiophene rings is 1. The van der Waals surface area contributed by atoms with Crippen LogP contribution in [0.25, 0.3) is 0 Å². The van der Waals surface area contributed by atoms with Gasteiger partial charge in [0, 0.05) is 12.8 Å².